The van der Waals surface area contributed by atoms with E-state index in [4.69, 9.17) is 4.74 Å². The average Bonchev–Trinajstić information content (AvgIpc) is 2.92. The van der Waals surface area contributed by atoms with E-state index >= 15 is 0 Å². The molecule has 86 valence electrons. The van der Waals surface area contributed by atoms with Gasteiger partial charge in [0, 0.05) is 6.54 Å². The summed E-state index contributed by atoms with van der Waals surface area (Å²) in [6.07, 6.45) is 4.27. The summed E-state index contributed by atoms with van der Waals surface area (Å²) >= 11 is 0. The van der Waals surface area contributed by atoms with Gasteiger partial charge in [0.05, 0.1) is 24.0 Å². The summed E-state index contributed by atoms with van der Waals surface area (Å²) in [5.74, 6) is -0.416. The van der Waals surface area contributed by atoms with Crippen LogP contribution in [0.3, 0.4) is 0 Å². The summed E-state index contributed by atoms with van der Waals surface area (Å²) in [6, 6.07) is 0. The highest BCUT2D eigenvalue weighted by Gasteiger charge is 2.61. The van der Waals surface area contributed by atoms with Crippen molar-refractivity contribution in [1.82, 2.24) is 4.90 Å². The fourth-order valence-electron chi connectivity index (χ4n) is 3.21. The standard InChI is InChI=1S/C12H15NO3/c1-2-3-6-13-11(14)9-7-4-5-8(16-7)10(9)12(13)15/h2,7-10H,1,3-6H2/t7-,8+,9?,10?. The number of rotatable bonds is 3. The van der Waals surface area contributed by atoms with Gasteiger partial charge in [0.15, 0.2) is 0 Å². The maximum absolute atomic E-state index is 12.1. The van der Waals surface area contributed by atoms with Crippen LogP contribution < -0.4 is 0 Å². The van der Waals surface area contributed by atoms with Crippen LogP contribution in [0.4, 0.5) is 0 Å². The Bertz CT molecular complexity index is 337. The number of carbonyl (C=O) groups is 2. The van der Waals surface area contributed by atoms with Gasteiger partial charge < -0.3 is 4.74 Å². The lowest BCUT2D eigenvalue weighted by Crippen LogP contribution is -2.34. The molecule has 3 aliphatic heterocycles. The van der Waals surface area contributed by atoms with E-state index in [1.54, 1.807) is 6.08 Å². The Morgan fingerprint density at radius 3 is 2.31 bits per heavy atom. The second-order valence-electron chi connectivity index (χ2n) is 4.75. The largest absolute Gasteiger partial charge is 0.373 e. The van der Waals surface area contributed by atoms with Gasteiger partial charge in [-0.3, -0.25) is 14.5 Å². The predicted molar refractivity (Wildman–Crippen MR) is 56.4 cm³/mol. The zero-order chi connectivity index (χ0) is 11.3. The zero-order valence-electron chi connectivity index (χ0n) is 9.09. The molecule has 0 spiro atoms. The first-order chi connectivity index (χ1) is 7.74. The van der Waals surface area contributed by atoms with Crippen LogP contribution in [0.25, 0.3) is 0 Å². The Balaban J connectivity index is 1.83. The van der Waals surface area contributed by atoms with Crippen LogP contribution in [0, 0.1) is 11.8 Å². The summed E-state index contributed by atoms with van der Waals surface area (Å²) in [4.78, 5) is 25.6. The molecule has 3 aliphatic rings. The lowest BCUT2D eigenvalue weighted by atomic mass is 9.81. The molecule has 3 rings (SSSR count). The molecule has 0 saturated carbocycles. The Kier molecular flexibility index (Phi) is 2.14. The van der Waals surface area contributed by atoms with Crippen LogP contribution in [0.2, 0.25) is 0 Å². The molecule has 4 atom stereocenters. The molecule has 2 amide bonds. The van der Waals surface area contributed by atoms with Gasteiger partial charge in [-0.15, -0.1) is 6.58 Å². The summed E-state index contributed by atoms with van der Waals surface area (Å²) in [5, 5.41) is 0. The lowest BCUT2D eigenvalue weighted by Gasteiger charge is -2.16. The first-order valence-electron chi connectivity index (χ1n) is 5.85. The quantitative estimate of drug-likeness (QED) is 0.521. The number of fused-ring (bicyclic) bond motifs is 5. The van der Waals surface area contributed by atoms with E-state index in [2.05, 4.69) is 6.58 Å². The SMILES string of the molecule is C=CCCN1C(=O)C2C(C1=O)[C@H]1CC[C@@H]2O1. The highest BCUT2D eigenvalue weighted by Crippen LogP contribution is 2.48. The van der Waals surface area contributed by atoms with Gasteiger partial charge in [-0.2, -0.15) is 0 Å². The van der Waals surface area contributed by atoms with E-state index in [0.29, 0.717) is 13.0 Å². The van der Waals surface area contributed by atoms with Crippen LogP contribution in [-0.4, -0.2) is 35.5 Å². The Labute approximate surface area is 94.2 Å². The molecular formula is C12H15NO3. The lowest BCUT2D eigenvalue weighted by molar-refractivity contribution is -0.142. The average molecular weight is 221 g/mol. The van der Waals surface area contributed by atoms with Crippen LogP contribution in [-0.2, 0) is 14.3 Å². The van der Waals surface area contributed by atoms with Gasteiger partial charge in [-0.1, -0.05) is 6.08 Å². The molecule has 0 aromatic heterocycles. The molecule has 3 fully saturated rings. The molecule has 0 aromatic rings. The third-order valence-electron chi connectivity index (χ3n) is 3.93. The maximum atomic E-state index is 12.1. The number of amides is 2. The zero-order valence-corrected chi connectivity index (χ0v) is 9.09. The van der Waals surface area contributed by atoms with E-state index in [-0.39, 0.29) is 35.9 Å². The summed E-state index contributed by atoms with van der Waals surface area (Å²) in [7, 11) is 0. The van der Waals surface area contributed by atoms with Gasteiger partial charge in [-0.05, 0) is 19.3 Å². The van der Waals surface area contributed by atoms with Crippen molar-refractivity contribution in [3.05, 3.63) is 12.7 Å². The minimum atomic E-state index is -0.184. The molecular weight excluding hydrogens is 206 g/mol. The van der Waals surface area contributed by atoms with Gasteiger partial charge in [-0.25, -0.2) is 0 Å². The van der Waals surface area contributed by atoms with Crippen molar-refractivity contribution in [3.63, 3.8) is 0 Å². The van der Waals surface area contributed by atoms with E-state index in [1.165, 1.54) is 4.90 Å². The third-order valence-corrected chi connectivity index (χ3v) is 3.93. The minimum Gasteiger partial charge on any atom is -0.373 e. The molecule has 0 radical (unpaired) electrons. The number of imide groups is 1. The summed E-state index contributed by atoms with van der Waals surface area (Å²) in [5.41, 5.74) is 0. The molecule has 0 aliphatic carbocycles. The number of carbonyl (C=O) groups excluding carboxylic acids is 2. The second-order valence-corrected chi connectivity index (χ2v) is 4.75. The molecule has 0 aromatic carbocycles. The summed E-state index contributed by atoms with van der Waals surface area (Å²) < 4.78 is 5.64. The maximum Gasteiger partial charge on any atom is 0.235 e. The molecule has 3 saturated heterocycles. The molecule has 4 nitrogen and oxygen atoms in total. The van der Waals surface area contributed by atoms with Crippen molar-refractivity contribution in [3.8, 4) is 0 Å². The van der Waals surface area contributed by atoms with Crippen LogP contribution in [0.1, 0.15) is 19.3 Å². The second kappa shape index (κ2) is 3.42. The van der Waals surface area contributed by atoms with Gasteiger partial charge in [0.25, 0.3) is 0 Å². The van der Waals surface area contributed by atoms with Crippen molar-refractivity contribution in [1.29, 1.82) is 0 Å². The Hall–Kier alpha value is -1.16. The number of hydrogen-bond donors (Lipinski definition) is 0. The van der Waals surface area contributed by atoms with Crippen molar-refractivity contribution in [2.45, 2.75) is 31.5 Å². The van der Waals surface area contributed by atoms with E-state index in [0.717, 1.165) is 12.8 Å². The van der Waals surface area contributed by atoms with Gasteiger partial charge in [0.2, 0.25) is 11.8 Å². The van der Waals surface area contributed by atoms with Crippen LogP contribution in [0.5, 0.6) is 0 Å². The first kappa shape index (κ1) is 10.0. The molecule has 0 N–H and O–H groups in total. The first-order valence-corrected chi connectivity index (χ1v) is 5.85. The fourth-order valence-corrected chi connectivity index (χ4v) is 3.21. The van der Waals surface area contributed by atoms with Crippen molar-refractivity contribution >= 4 is 11.8 Å². The topological polar surface area (TPSA) is 46.6 Å². The Morgan fingerprint density at radius 1 is 1.25 bits per heavy atom. The third kappa shape index (κ3) is 1.13. The highest BCUT2D eigenvalue weighted by atomic mass is 16.5. The fraction of sp³-hybridized carbons (Fsp3) is 0.667. The highest BCUT2D eigenvalue weighted by molar-refractivity contribution is 6.06. The van der Waals surface area contributed by atoms with E-state index < -0.39 is 0 Å². The predicted octanol–water partition coefficient (Wildman–Crippen LogP) is 0.725. The molecule has 4 heteroatoms. The smallest absolute Gasteiger partial charge is 0.235 e. The number of ether oxygens (including phenoxy) is 1. The number of hydrogen-bond acceptors (Lipinski definition) is 3. The number of nitrogens with zero attached hydrogens (tertiary/aromatic N) is 1. The van der Waals surface area contributed by atoms with Crippen molar-refractivity contribution < 1.29 is 14.3 Å². The van der Waals surface area contributed by atoms with Crippen molar-refractivity contribution in [2.24, 2.45) is 11.8 Å². The van der Waals surface area contributed by atoms with Gasteiger partial charge in [0.1, 0.15) is 0 Å². The molecule has 2 bridgehead atoms. The minimum absolute atomic E-state index is 0.000168. The molecule has 16 heavy (non-hydrogen) atoms. The monoisotopic (exact) mass is 221 g/mol. The van der Waals surface area contributed by atoms with E-state index in [1.807, 2.05) is 0 Å². The molecule has 2 unspecified atom stereocenters. The normalized spacial score (nSPS) is 40.6. The van der Waals surface area contributed by atoms with Crippen molar-refractivity contribution in [2.75, 3.05) is 6.54 Å². The number of likely N-dealkylation sites (tertiary alicyclic amines) is 1. The van der Waals surface area contributed by atoms with Crippen LogP contribution >= 0.6 is 0 Å². The van der Waals surface area contributed by atoms with Gasteiger partial charge >= 0.3 is 0 Å². The van der Waals surface area contributed by atoms with Crippen LogP contribution in [0.15, 0.2) is 12.7 Å². The molecule has 3 heterocycles. The van der Waals surface area contributed by atoms with E-state index in [9.17, 15) is 9.59 Å². The Morgan fingerprint density at radius 2 is 1.81 bits per heavy atom. The summed E-state index contributed by atoms with van der Waals surface area (Å²) in [6.45, 7) is 4.09.